The van der Waals surface area contributed by atoms with Crippen molar-refractivity contribution in [3.63, 3.8) is 0 Å². The lowest BCUT2D eigenvalue weighted by atomic mass is 9.77. The molecule has 7 aromatic rings. The highest BCUT2D eigenvalue weighted by Crippen LogP contribution is 2.43. The van der Waals surface area contributed by atoms with Crippen LogP contribution in [0.3, 0.4) is 0 Å². The molecule has 1 saturated heterocycles. The lowest BCUT2D eigenvalue weighted by Gasteiger charge is -2.44. The van der Waals surface area contributed by atoms with Gasteiger partial charge in [0.15, 0.2) is 0 Å². The average Bonchev–Trinajstić information content (AvgIpc) is 3.33. The topological polar surface area (TPSA) is 95.6 Å². The number of rotatable bonds is 15. The third kappa shape index (κ3) is 11.5. The zero-order valence-electron chi connectivity index (χ0n) is 37.2. The molecule has 0 aliphatic carbocycles. The molecule has 0 aromatic heterocycles. The number of fused-ring (bicyclic) bond motifs is 1. The van der Waals surface area contributed by atoms with Gasteiger partial charge in [0.05, 0.1) is 25.9 Å². The number of nitrogens with one attached hydrogen (secondary N) is 1. The van der Waals surface area contributed by atoms with Crippen molar-refractivity contribution in [1.29, 1.82) is 0 Å². The highest BCUT2D eigenvalue weighted by atomic mass is 16.8. The molecule has 1 fully saturated rings. The average molecular weight is 869 g/mol. The Hall–Kier alpha value is -6.78. The van der Waals surface area contributed by atoms with E-state index in [4.69, 9.17) is 23.8 Å². The molecule has 1 amide bonds. The molecule has 332 valence electrons. The lowest BCUT2D eigenvalue weighted by Crippen LogP contribution is -2.52. The first-order valence-electron chi connectivity index (χ1n) is 22.2. The number of carbonyl (C=O) groups is 2. The molecule has 1 aliphatic heterocycles. The highest BCUT2D eigenvalue weighted by molar-refractivity contribution is 5.83. The Morgan fingerprint density at radius 1 is 0.600 bits per heavy atom. The molecule has 1 N–H and O–H groups in total. The third-order valence-electron chi connectivity index (χ3n) is 11.7. The molecule has 0 bridgehead atoms. The van der Waals surface area contributed by atoms with Crippen molar-refractivity contribution < 1.29 is 33.4 Å². The van der Waals surface area contributed by atoms with Crippen molar-refractivity contribution >= 4 is 23.0 Å². The van der Waals surface area contributed by atoms with Crippen molar-refractivity contribution in [3.05, 3.63) is 227 Å². The molecule has 1 aliphatic rings. The Balaban J connectivity index is 1.13. The summed E-state index contributed by atoms with van der Waals surface area (Å²) in [5.41, 5.74) is 5.06. The van der Waals surface area contributed by atoms with Gasteiger partial charge in [-0.3, -0.25) is 0 Å². The smallest absolute Gasteiger partial charge is 0.445 e. The molecule has 8 rings (SSSR count). The Morgan fingerprint density at radius 3 is 1.75 bits per heavy atom. The van der Waals surface area contributed by atoms with E-state index in [0.29, 0.717) is 19.7 Å². The van der Waals surface area contributed by atoms with Crippen LogP contribution in [0.4, 0.5) is 9.59 Å². The number of benzene rings is 7. The van der Waals surface area contributed by atoms with Gasteiger partial charge in [0.1, 0.15) is 17.8 Å². The highest BCUT2D eigenvalue weighted by Gasteiger charge is 2.44. The summed E-state index contributed by atoms with van der Waals surface area (Å²) in [4.78, 5) is 32.0. The van der Waals surface area contributed by atoms with Crippen LogP contribution < -0.4 is 5.32 Å². The first kappa shape index (κ1) is 44.8. The van der Waals surface area contributed by atoms with E-state index in [1.807, 2.05) is 130 Å². The maximum Gasteiger partial charge on any atom is 0.528 e. The van der Waals surface area contributed by atoms with Crippen molar-refractivity contribution in [2.75, 3.05) is 19.7 Å². The maximum atomic E-state index is 13.3. The number of hydroxylamine groups is 2. The fourth-order valence-corrected chi connectivity index (χ4v) is 8.65. The first-order chi connectivity index (χ1) is 31.6. The van der Waals surface area contributed by atoms with Crippen LogP contribution in [0.25, 0.3) is 10.8 Å². The van der Waals surface area contributed by atoms with Crippen LogP contribution in [0, 0.1) is 5.92 Å². The SMILES string of the molecule is CC(C)(C)OC(=O)ON1CC(COC(c2ccccc2)(c2ccccc2)c2ccccc2)C(c2ccc(COC(=O)NCc3ccccc3)cc2)C(OCc2ccc3ccccc3c2)C1. The molecule has 0 radical (unpaired) electrons. The van der Waals surface area contributed by atoms with Crippen LogP contribution in [0.2, 0.25) is 0 Å². The fraction of sp³-hybridized carbons (Fsp3) is 0.250. The minimum atomic E-state index is -0.994. The zero-order valence-corrected chi connectivity index (χ0v) is 37.2. The van der Waals surface area contributed by atoms with Crippen LogP contribution in [0.15, 0.2) is 188 Å². The number of amides is 1. The van der Waals surface area contributed by atoms with E-state index in [1.165, 1.54) is 0 Å². The Kier molecular flexibility index (Phi) is 14.3. The second kappa shape index (κ2) is 20.8. The van der Waals surface area contributed by atoms with E-state index in [9.17, 15) is 9.59 Å². The minimum absolute atomic E-state index is 0.102. The summed E-state index contributed by atoms with van der Waals surface area (Å²) in [6.07, 6.45) is -1.74. The summed E-state index contributed by atoms with van der Waals surface area (Å²) >= 11 is 0. The van der Waals surface area contributed by atoms with E-state index < -0.39 is 29.6 Å². The number of hydrogen-bond acceptors (Lipinski definition) is 8. The summed E-state index contributed by atoms with van der Waals surface area (Å²) in [7, 11) is 0. The van der Waals surface area contributed by atoms with Gasteiger partial charge in [0.2, 0.25) is 0 Å². The minimum Gasteiger partial charge on any atom is -0.445 e. The van der Waals surface area contributed by atoms with Gasteiger partial charge in [-0.2, -0.15) is 0 Å². The molecular formula is C56H56N2O7. The molecule has 3 atom stereocenters. The van der Waals surface area contributed by atoms with E-state index in [0.717, 1.165) is 49.7 Å². The van der Waals surface area contributed by atoms with Crippen molar-refractivity contribution in [2.45, 2.75) is 63.8 Å². The largest absolute Gasteiger partial charge is 0.528 e. The van der Waals surface area contributed by atoms with Crippen molar-refractivity contribution in [2.24, 2.45) is 5.92 Å². The molecule has 3 unspecified atom stereocenters. The van der Waals surface area contributed by atoms with Gasteiger partial charge in [-0.15, -0.1) is 5.06 Å². The molecule has 7 aromatic carbocycles. The monoisotopic (exact) mass is 868 g/mol. The second-order valence-electron chi connectivity index (χ2n) is 17.5. The van der Waals surface area contributed by atoms with Gasteiger partial charge in [-0.25, -0.2) is 9.59 Å². The Labute approximate surface area is 381 Å². The molecule has 65 heavy (non-hydrogen) atoms. The van der Waals surface area contributed by atoms with E-state index in [1.54, 1.807) is 5.06 Å². The van der Waals surface area contributed by atoms with Gasteiger partial charge >= 0.3 is 12.2 Å². The van der Waals surface area contributed by atoms with Gasteiger partial charge in [0, 0.05) is 24.9 Å². The van der Waals surface area contributed by atoms with E-state index in [2.05, 4.69) is 84.2 Å². The number of ether oxygens (including phenoxy) is 4. The normalized spacial score (nSPS) is 16.7. The quantitative estimate of drug-likeness (QED) is 0.0804. The zero-order chi connectivity index (χ0) is 45.1. The van der Waals surface area contributed by atoms with Crippen molar-refractivity contribution in [1.82, 2.24) is 10.4 Å². The van der Waals surface area contributed by atoms with E-state index in [-0.39, 0.29) is 31.6 Å². The van der Waals surface area contributed by atoms with Crippen LogP contribution in [-0.4, -0.2) is 48.7 Å². The maximum absolute atomic E-state index is 13.3. The van der Waals surface area contributed by atoms with Crippen LogP contribution in [0.1, 0.15) is 65.6 Å². The fourth-order valence-electron chi connectivity index (χ4n) is 8.65. The number of carbonyl (C=O) groups excluding carboxylic acids is 2. The molecule has 0 spiro atoms. The molecule has 9 nitrogen and oxygen atoms in total. The lowest BCUT2D eigenvalue weighted by molar-refractivity contribution is -0.198. The summed E-state index contributed by atoms with van der Waals surface area (Å²) in [5, 5.41) is 6.77. The number of nitrogens with zero attached hydrogens (tertiary/aromatic N) is 1. The van der Waals surface area contributed by atoms with Gasteiger partial charge in [0.25, 0.3) is 0 Å². The van der Waals surface area contributed by atoms with E-state index >= 15 is 0 Å². The molecule has 0 saturated carbocycles. The Bertz CT molecular complexity index is 2510. The third-order valence-corrected chi connectivity index (χ3v) is 11.7. The first-order valence-corrected chi connectivity index (χ1v) is 22.2. The molecular weight excluding hydrogens is 813 g/mol. The predicted molar refractivity (Wildman–Crippen MR) is 253 cm³/mol. The summed E-state index contributed by atoms with van der Waals surface area (Å²) < 4.78 is 25.8. The van der Waals surface area contributed by atoms with Gasteiger partial charge in [-0.1, -0.05) is 182 Å². The number of piperidine rings is 1. The number of alkyl carbamates (subject to hydrolysis) is 1. The second-order valence-corrected chi connectivity index (χ2v) is 17.5. The van der Waals surface area contributed by atoms with Gasteiger partial charge in [-0.05, 0) is 76.6 Å². The van der Waals surface area contributed by atoms with Crippen LogP contribution in [0.5, 0.6) is 0 Å². The summed E-state index contributed by atoms with van der Waals surface area (Å²) in [6, 6.07) is 63.4. The Morgan fingerprint density at radius 2 is 1.15 bits per heavy atom. The predicted octanol–water partition coefficient (Wildman–Crippen LogP) is 11.7. The number of hydrogen-bond donors (Lipinski definition) is 1. The summed E-state index contributed by atoms with van der Waals surface area (Å²) in [5.74, 6) is -0.493. The van der Waals surface area contributed by atoms with Crippen molar-refractivity contribution in [3.8, 4) is 0 Å². The molecule has 9 heteroatoms. The van der Waals surface area contributed by atoms with Crippen LogP contribution in [-0.2, 0) is 49.1 Å². The standard InChI is InChI=1S/C56H56N2O7/c1-55(2,3)64-54(60)65-58-36-47(40-63-56(48-22-10-5-11-23-48,49-24-12-6-13-25-49)50-26-14-7-15-27-50)52(51(37-58)61-39-43-30-31-44-20-16-17-21-46(44)34-43)45-32-28-42(29-33-45)38-62-53(59)57-35-41-18-8-4-9-19-41/h4-34,47,51-52H,35-40H2,1-3H3,(H,57,59). The molecule has 1 heterocycles. The summed E-state index contributed by atoms with van der Waals surface area (Å²) in [6.45, 7) is 7.11. The van der Waals surface area contributed by atoms with Gasteiger partial charge < -0.3 is 29.1 Å². The van der Waals surface area contributed by atoms with Crippen LogP contribution >= 0.6 is 0 Å².